The normalized spacial score (nSPS) is 15.6. The van der Waals surface area contributed by atoms with Crippen LogP contribution in [0.3, 0.4) is 0 Å². The molecule has 152 valence electrons. The molecule has 1 aliphatic rings. The number of rotatable bonds is 8. The van der Waals surface area contributed by atoms with Gasteiger partial charge in [0.1, 0.15) is 12.9 Å². The van der Waals surface area contributed by atoms with E-state index in [4.69, 9.17) is 14.0 Å². The van der Waals surface area contributed by atoms with Crippen molar-refractivity contribution in [3.63, 3.8) is 0 Å². The van der Waals surface area contributed by atoms with Crippen LogP contribution >= 0.6 is 0 Å². The van der Waals surface area contributed by atoms with E-state index in [1.807, 2.05) is 25.2 Å². The number of hydrogen-bond donors (Lipinski definition) is 1. The summed E-state index contributed by atoms with van der Waals surface area (Å²) in [4.78, 5) is 13.4. The van der Waals surface area contributed by atoms with E-state index in [1.54, 1.807) is 19.6 Å². The maximum Gasteiger partial charge on any atom is 0.218 e. The molecule has 2 aromatic rings. The van der Waals surface area contributed by atoms with Crippen molar-refractivity contribution in [2.24, 2.45) is 4.99 Å². The van der Waals surface area contributed by atoms with Crippen LogP contribution in [0.2, 0.25) is 0 Å². The molecule has 0 aliphatic carbocycles. The summed E-state index contributed by atoms with van der Waals surface area (Å²) in [5.41, 5.74) is 1.96. The SMILES string of the molecule is CN=C(NCc1cccnc1OCCOC)N1CCN(Cc2ccon2)CC1. The van der Waals surface area contributed by atoms with Crippen molar-refractivity contribution in [2.45, 2.75) is 13.1 Å². The van der Waals surface area contributed by atoms with Gasteiger partial charge in [-0.15, -0.1) is 0 Å². The van der Waals surface area contributed by atoms with Crippen LogP contribution < -0.4 is 10.1 Å². The highest BCUT2D eigenvalue weighted by atomic mass is 16.5. The van der Waals surface area contributed by atoms with Crippen LogP contribution in [0.5, 0.6) is 5.88 Å². The first-order chi connectivity index (χ1) is 13.8. The zero-order valence-corrected chi connectivity index (χ0v) is 16.5. The van der Waals surface area contributed by atoms with Crippen LogP contribution in [-0.4, -0.2) is 79.5 Å². The van der Waals surface area contributed by atoms with Gasteiger partial charge in [0.2, 0.25) is 5.88 Å². The minimum Gasteiger partial charge on any atom is -0.475 e. The van der Waals surface area contributed by atoms with Crippen molar-refractivity contribution in [2.75, 3.05) is 53.6 Å². The Balaban J connectivity index is 1.49. The van der Waals surface area contributed by atoms with Crippen LogP contribution in [0.15, 0.2) is 40.2 Å². The molecule has 1 N–H and O–H groups in total. The average Bonchev–Trinajstić information content (AvgIpc) is 3.24. The van der Waals surface area contributed by atoms with Gasteiger partial charge >= 0.3 is 0 Å². The van der Waals surface area contributed by atoms with Gasteiger partial charge in [-0.1, -0.05) is 11.2 Å². The third-order valence-electron chi connectivity index (χ3n) is 4.57. The lowest BCUT2D eigenvalue weighted by Gasteiger charge is -2.36. The summed E-state index contributed by atoms with van der Waals surface area (Å²) in [5.74, 6) is 1.51. The van der Waals surface area contributed by atoms with Crippen molar-refractivity contribution < 1.29 is 14.0 Å². The molecule has 0 radical (unpaired) electrons. The first-order valence-corrected chi connectivity index (χ1v) is 9.43. The summed E-state index contributed by atoms with van der Waals surface area (Å²) in [6.07, 6.45) is 3.34. The third kappa shape index (κ3) is 5.67. The molecule has 1 fully saturated rings. The molecule has 2 aromatic heterocycles. The zero-order valence-electron chi connectivity index (χ0n) is 16.5. The van der Waals surface area contributed by atoms with Crippen molar-refractivity contribution in [1.29, 1.82) is 0 Å². The molecule has 1 aliphatic heterocycles. The lowest BCUT2D eigenvalue weighted by atomic mass is 10.2. The molecule has 1 saturated heterocycles. The van der Waals surface area contributed by atoms with E-state index in [0.29, 0.717) is 25.6 Å². The minimum absolute atomic E-state index is 0.475. The van der Waals surface area contributed by atoms with Crippen molar-refractivity contribution in [3.8, 4) is 5.88 Å². The molecule has 9 nitrogen and oxygen atoms in total. The van der Waals surface area contributed by atoms with E-state index in [9.17, 15) is 0 Å². The van der Waals surface area contributed by atoms with Gasteiger partial charge in [-0.05, 0) is 6.07 Å². The Morgan fingerprint density at radius 1 is 1.25 bits per heavy atom. The van der Waals surface area contributed by atoms with Gasteiger partial charge in [-0.2, -0.15) is 0 Å². The van der Waals surface area contributed by atoms with Gasteiger partial charge in [0.25, 0.3) is 0 Å². The molecule has 0 unspecified atom stereocenters. The Morgan fingerprint density at radius 3 is 2.82 bits per heavy atom. The molecular weight excluding hydrogens is 360 g/mol. The predicted molar refractivity (Wildman–Crippen MR) is 105 cm³/mol. The summed E-state index contributed by atoms with van der Waals surface area (Å²) < 4.78 is 15.6. The average molecular weight is 388 g/mol. The number of guanidine groups is 1. The maximum absolute atomic E-state index is 5.70. The Bertz CT molecular complexity index is 729. The summed E-state index contributed by atoms with van der Waals surface area (Å²) in [6.45, 7) is 6.13. The molecule has 0 saturated carbocycles. The van der Waals surface area contributed by atoms with Crippen molar-refractivity contribution in [3.05, 3.63) is 41.9 Å². The molecule has 0 amide bonds. The summed E-state index contributed by atoms with van der Waals surface area (Å²) in [6, 6.07) is 5.82. The van der Waals surface area contributed by atoms with Crippen molar-refractivity contribution in [1.82, 2.24) is 25.3 Å². The molecule has 3 rings (SSSR count). The van der Waals surface area contributed by atoms with E-state index >= 15 is 0 Å². The molecule has 0 aromatic carbocycles. The number of aliphatic imine (C=N–C) groups is 1. The highest BCUT2D eigenvalue weighted by Crippen LogP contribution is 2.14. The summed E-state index contributed by atoms with van der Waals surface area (Å²) in [5, 5.41) is 7.41. The number of aromatic nitrogens is 2. The lowest BCUT2D eigenvalue weighted by Crippen LogP contribution is -2.52. The summed E-state index contributed by atoms with van der Waals surface area (Å²) >= 11 is 0. The van der Waals surface area contributed by atoms with E-state index in [0.717, 1.165) is 49.9 Å². The predicted octanol–water partition coefficient (Wildman–Crippen LogP) is 0.988. The first kappa shape index (κ1) is 20.1. The fraction of sp³-hybridized carbons (Fsp3) is 0.526. The van der Waals surface area contributed by atoms with E-state index in [1.165, 1.54) is 0 Å². The largest absolute Gasteiger partial charge is 0.475 e. The number of piperazine rings is 1. The van der Waals surface area contributed by atoms with Crippen LogP contribution in [0.4, 0.5) is 0 Å². The highest BCUT2D eigenvalue weighted by molar-refractivity contribution is 5.80. The fourth-order valence-corrected chi connectivity index (χ4v) is 3.08. The van der Waals surface area contributed by atoms with Crippen LogP contribution in [-0.2, 0) is 17.8 Å². The Labute approximate surface area is 165 Å². The van der Waals surface area contributed by atoms with E-state index in [2.05, 4.69) is 30.2 Å². The molecule has 0 spiro atoms. The van der Waals surface area contributed by atoms with E-state index < -0.39 is 0 Å². The molecule has 0 atom stereocenters. The second-order valence-corrected chi connectivity index (χ2v) is 6.46. The first-order valence-electron chi connectivity index (χ1n) is 9.43. The lowest BCUT2D eigenvalue weighted by molar-refractivity contribution is 0.143. The minimum atomic E-state index is 0.475. The number of methoxy groups -OCH3 is 1. The number of pyridine rings is 1. The van der Waals surface area contributed by atoms with Crippen LogP contribution in [0.25, 0.3) is 0 Å². The van der Waals surface area contributed by atoms with Gasteiger partial charge in [0.05, 0.1) is 12.3 Å². The number of ether oxygens (including phenoxy) is 2. The molecule has 9 heteroatoms. The second kappa shape index (κ2) is 10.6. The van der Waals surface area contributed by atoms with Gasteiger partial charge in [-0.25, -0.2) is 4.98 Å². The van der Waals surface area contributed by atoms with Crippen LogP contribution in [0.1, 0.15) is 11.3 Å². The monoisotopic (exact) mass is 388 g/mol. The quantitative estimate of drug-likeness (QED) is 0.407. The molecular formula is C19H28N6O3. The highest BCUT2D eigenvalue weighted by Gasteiger charge is 2.20. The smallest absolute Gasteiger partial charge is 0.218 e. The number of hydrogen-bond acceptors (Lipinski definition) is 7. The number of nitrogens with zero attached hydrogens (tertiary/aromatic N) is 5. The van der Waals surface area contributed by atoms with Gasteiger partial charge in [0, 0.05) is 71.3 Å². The standard InChI is InChI=1S/C19H28N6O3/c1-20-19(22-14-16-4-3-6-21-18(16)27-13-12-26-2)25-9-7-24(8-10-25)15-17-5-11-28-23-17/h3-6,11H,7-10,12-15H2,1-2H3,(H,20,22). The van der Waals surface area contributed by atoms with E-state index in [-0.39, 0.29) is 0 Å². The molecule has 0 bridgehead atoms. The molecule has 28 heavy (non-hydrogen) atoms. The Kier molecular flexibility index (Phi) is 7.62. The van der Waals surface area contributed by atoms with Gasteiger partial charge in [-0.3, -0.25) is 9.89 Å². The van der Waals surface area contributed by atoms with Gasteiger partial charge in [0.15, 0.2) is 5.96 Å². The Morgan fingerprint density at radius 2 is 2.11 bits per heavy atom. The molecule has 3 heterocycles. The topological polar surface area (TPSA) is 88.3 Å². The van der Waals surface area contributed by atoms with Gasteiger partial charge < -0.3 is 24.2 Å². The Hall–Kier alpha value is -2.65. The second-order valence-electron chi connectivity index (χ2n) is 6.46. The third-order valence-corrected chi connectivity index (χ3v) is 4.57. The number of nitrogens with one attached hydrogen (secondary N) is 1. The maximum atomic E-state index is 5.70. The fourth-order valence-electron chi connectivity index (χ4n) is 3.08. The zero-order chi connectivity index (χ0) is 19.6. The van der Waals surface area contributed by atoms with Crippen LogP contribution in [0, 0.1) is 0 Å². The summed E-state index contributed by atoms with van der Waals surface area (Å²) in [7, 11) is 3.46. The van der Waals surface area contributed by atoms with Crippen molar-refractivity contribution >= 4 is 5.96 Å².